The van der Waals surface area contributed by atoms with Gasteiger partial charge in [0.25, 0.3) is 5.54 Å². The SMILES string of the molecule is C=C(/C=C\C=C/C)C1([N+](=O)[O-])CC(C)(C(=O)Nc2nc(Cc3ccc(OC)cc3)cs2)C(C)c2ccccc21. The number of nitro groups is 1. The number of anilines is 1. The summed E-state index contributed by atoms with van der Waals surface area (Å²) in [5.41, 5.74) is 0.853. The number of ether oxygens (including phenoxy) is 1. The average Bonchev–Trinajstić information content (AvgIpc) is 3.37. The van der Waals surface area contributed by atoms with Crippen molar-refractivity contribution < 1.29 is 14.5 Å². The molecule has 202 valence electrons. The Kier molecular flexibility index (Phi) is 8.16. The highest BCUT2D eigenvalue weighted by Crippen LogP contribution is 2.56. The molecule has 0 aliphatic heterocycles. The smallest absolute Gasteiger partial charge is 0.272 e. The predicted molar refractivity (Wildman–Crippen MR) is 156 cm³/mol. The summed E-state index contributed by atoms with van der Waals surface area (Å²) in [4.78, 5) is 31.1. The number of carbonyl (C=O) groups is 1. The van der Waals surface area contributed by atoms with Crippen LogP contribution in [0.15, 0.2) is 90.4 Å². The Hall–Kier alpha value is -4.04. The van der Waals surface area contributed by atoms with Gasteiger partial charge in [-0.1, -0.05) is 74.2 Å². The van der Waals surface area contributed by atoms with Crippen LogP contribution in [-0.2, 0) is 16.8 Å². The number of thiazole rings is 1. The molecule has 0 fully saturated rings. The van der Waals surface area contributed by atoms with Gasteiger partial charge in [-0.2, -0.15) is 0 Å². The summed E-state index contributed by atoms with van der Waals surface area (Å²) >= 11 is 1.34. The summed E-state index contributed by atoms with van der Waals surface area (Å²) in [5, 5.41) is 18.2. The van der Waals surface area contributed by atoms with Gasteiger partial charge >= 0.3 is 0 Å². The molecule has 1 aromatic heterocycles. The molecule has 0 radical (unpaired) electrons. The summed E-state index contributed by atoms with van der Waals surface area (Å²) < 4.78 is 5.22. The number of hydrogen-bond donors (Lipinski definition) is 1. The summed E-state index contributed by atoms with van der Waals surface area (Å²) in [6.45, 7) is 9.75. The van der Waals surface area contributed by atoms with E-state index in [2.05, 4.69) is 16.9 Å². The molecule has 4 rings (SSSR count). The van der Waals surface area contributed by atoms with Crippen LogP contribution in [0.1, 0.15) is 55.5 Å². The minimum absolute atomic E-state index is 0.0277. The van der Waals surface area contributed by atoms with Crippen LogP contribution >= 0.6 is 11.3 Å². The van der Waals surface area contributed by atoms with E-state index in [0.717, 1.165) is 22.6 Å². The third-order valence-electron chi connectivity index (χ3n) is 7.73. The zero-order chi connectivity index (χ0) is 28.2. The van der Waals surface area contributed by atoms with Crippen molar-refractivity contribution in [1.82, 2.24) is 4.98 Å². The molecule has 0 spiro atoms. The lowest BCUT2D eigenvalue weighted by Gasteiger charge is -2.45. The van der Waals surface area contributed by atoms with Gasteiger partial charge in [0.1, 0.15) is 5.75 Å². The van der Waals surface area contributed by atoms with E-state index in [1.54, 1.807) is 44.4 Å². The number of aromatic nitrogens is 1. The third-order valence-corrected chi connectivity index (χ3v) is 8.54. The molecule has 7 nitrogen and oxygen atoms in total. The first kappa shape index (κ1) is 28.0. The fraction of sp³-hybridized carbons (Fsp3) is 0.290. The second kappa shape index (κ2) is 11.4. The van der Waals surface area contributed by atoms with Crippen molar-refractivity contribution in [2.24, 2.45) is 5.41 Å². The van der Waals surface area contributed by atoms with E-state index in [-0.39, 0.29) is 23.2 Å². The first-order valence-electron chi connectivity index (χ1n) is 12.8. The predicted octanol–water partition coefficient (Wildman–Crippen LogP) is 7.06. The molecule has 3 aromatic rings. The van der Waals surface area contributed by atoms with E-state index in [1.807, 2.05) is 61.7 Å². The number of benzene rings is 2. The van der Waals surface area contributed by atoms with E-state index in [0.29, 0.717) is 22.7 Å². The lowest BCUT2D eigenvalue weighted by Crippen LogP contribution is -2.52. The molecule has 3 atom stereocenters. The van der Waals surface area contributed by atoms with Gasteiger partial charge in [0, 0.05) is 34.3 Å². The molecule has 0 saturated heterocycles. The lowest BCUT2D eigenvalue weighted by atomic mass is 9.57. The lowest BCUT2D eigenvalue weighted by molar-refractivity contribution is -0.571. The van der Waals surface area contributed by atoms with E-state index in [4.69, 9.17) is 4.74 Å². The van der Waals surface area contributed by atoms with Crippen LogP contribution < -0.4 is 10.1 Å². The van der Waals surface area contributed by atoms with Gasteiger partial charge in [0.05, 0.1) is 18.2 Å². The molecule has 39 heavy (non-hydrogen) atoms. The van der Waals surface area contributed by atoms with Crippen molar-refractivity contribution in [3.05, 3.63) is 123 Å². The third kappa shape index (κ3) is 5.29. The molecule has 1 heterocycles. The fourth-order valence-electron chi connectivity index (χ4n) is 5.28. The second-order valence-electron chi connectivity index (χ2n) is 10.1. The van der Waals surface area contributed by atoms with Crippen LogP contribution in [0.25, 0.3) is 0 Å². The Balaban J connectivity index is 1.64. The van der Waals surface area contributed by atoms with Gasteiger partial charge < -0.3 is 10.1 Å². The number of amides is 1. The molecule has 1 amide bonds. The highest BCUT2D eigenvalue weighted by Gasteiger charge is 2.60. The minimum atomic E-state index is -1.64. The maximum Gasteiger partial charge on any atom is 0.272 e. The molecular weight excluding hydrogens is 510 g/mol. The molecule has 1 aliphatic rings. The number of methoxy groups -OCH3 is 1. The average molecular weight is 544 g/mol. The maximum atomic E-state index is 13.9. The van der Waals surface area contributed by atoms with Gasteiger partial charge in [-0.25, -0.2) is 4.98 Å². The molecule has 2 aromatic carbocycles. The topological polar surface area (TPSA) is 94.4 Å². The number of rotatable bonds is 9. The zero-order valence-corrected chi connectivity index (χ0v) is 23.5. The number of nitrogens with zero attached hydrogens (tertiary/aromatic N) is 2. The van der Waals surface area contributed by atoms with Crippen LogP contribution in [0.5, 0.6) is 5.75 Å². The highest BCUT2D eigenvalue weighted by molar-refractivity contribution is 7.13. The Morgan fingerprint density at radius 3 is 2.64 bits per heavy atom. The minimum Gasteiger partial charge on any atom is -0.497 e. The maximum absolute atomic E-state index is 13.9. The molecule has 0 saturated carbocycles. The van der Waals surface area contributed by atoms with E-state index < -0.39 is 11.0 Å². The normalized spacial score (nSPS) is 22.5. The number of hydrogen-bond acceptors (Lipinski definition) is 6. The number of fused-ring (bicyclic) bond motifs is 1. The molecule has 0 bridgehead atoms. The van der Waals surface area contributed by atoms with Gasteiger partial charge in [-0.15, -0.1) is 11.3 Å². The molecular formula is C31H33N3O4S. The Labute approximate surface area is 233 Å². The zero-order valence-electron chi connectivity index (χ0n) is 22.6. The van der Waals surface area contributed by atoms with E-state index >= 15 is 0 Å². The van der Waals surface area contributed by atoms with Gasteiger partial charge in [-0.05, 0) is 43.0 Å². The van der Waals surface area contributed by atoms with E-state index in [1.165, 1.54) is 11.3 Å². The summed E-state index contributed by atoms with van der Waals surface area (Å²) in [6.07, 6.45) is 7.63. The second-order valence-corrected chi connectivity index (χ2v) is 10.9. The standard InChI is InChI=1S/C31H33N3O4S/c1-6-7-8-11-21(2)31(34(36)37)20-30(4,22(3)26-12-9-10-13-27(26)31)28(35)33-29-32-24(19-39-29)18-23-14-16-25(38-5)17-15-23/h6-17,19,22H,2,18,20H2,1,3-5H3,(H,32,33,35)/b7-6-,11-8-. The monoisotopic (exact) mass is 543 g/mol. The highest BCUT2D eigenvalue weighted by atomic mass is 32.1. The van der Waals surface area contributed by atoms with Crippen molar-refractivity contribution in [1.29, 1.82) is 0 Å². The van der Waals surface area contributed by atoms with E-state index in [9.17, 15) is 14.9 Å². The first-order valence-corrected chi connectivity index (χ1v) is 13.6. The Morgan fingerprint density at radius 2 is 1.97 bits per heavy atom. The molecule has 3 unspecified atom stereocenters. The van der Waals surface area contributed by atoms with Crippen LogP contribution in [0.3, 0.4) is 0 Å². The number of allylic oxidation sites excluding steroid dienone is 3. The van der Waals surface area contributed by atoms with Gasteiger partial charge in [0.15, 0.2) is 5.13 Å². The molecule has 1 aliphatic carbocycles. The van der Waals surface area contributed by atoms with Crippen molar-refractivity contribution in [2.45, 2.75) is 45.1 Å². The van der Waals surface area contributed by atoms with Crippen LogP contribution in [0.2, 0.25) is 0 Å². The first-order chi connectivity index (χ1) is 18.7. The summed E-state index contributed by atoms with van der Waals surface area (Å²) in [5.74, 6) is 0.214. The summed E-state index contributed by atoms with van der Waals surface area (Å²) in [7, 11) is 1.63. The molecule has 1 N–H and O–H groups in total. The van der Waals surface area contributed by atoms with Crippen LogP contribution in [-0.4, -0.2) is 22.9 Å². The molecule has 8 heteroatoms. The number of carbonyl (C=O) groups excluding carboxylic acids is 1. The van der Waals surface area contributed by atoms with Crippen molar-refractivity contribution in [2.75, 3.05) is 12.4 Å². The largest absolute Gasteiger partial charge is 0.497 e. The van der Waals surface area contributed by atoms with Crippen molar-refractivity contribution in [3.8, 4) is 5.75 Å². The Bertz CT molecular complexity index is 1440. The van der Waals surface area contributed by atoms with Gasteiger partial charge in [0.2, 0.25) is 5.91 Å². The van der Waals surface area contributed by atoms with Crippen LogP contribution in [0.4, 0.5) is 5.13 Å². The quantitative estimate of drug-likeness (QED) is 0.177. The van der Waals surface area contributed by atoms with Gasteiger partial charge in [-0.3, -0.25) is 14.9 Å². The van der Waals surface area contributed by atoms with Crippen molar-refractivity contribution in [3.63, 3.8) is 0 Å². The summed E-state index contributed by atoms with van der Waals surface area (Å²) in [6, 6.07) is 15.1. The Morgan fingerprint density at radius 1 is 1.26 bits per heavy atom. The van der Waals surface area contributed by atoms with Crippen molar-refractivity contribution >= 4 is 22.4 Å². The fourth-order valence-corrected chi connectivity index (χ4v) is 5.98. The van der Waals surface area contributed by atoms with Crippen LogP contribution in [0, 0.1) is 15.5 Å². The number of nitrogens with one attached hydrogen (secondary N) is 1.